The number of hydrogen-bond donors (Lipinski definition) is 0. The standard InChI is InChI=1S/C21H20O3/c1-4-24-21(23)19-13(2)11-18(20(19)14(3)22)17-10-9-15-7-5-6-8-16(15)12-17/h5-12,20H,4H2,1-3H3. The molecule has 24 heavy (non-hydrogen) atoms. The first-order chi connectivity index (χ1) is 11.5. The molecule has 1 atom stereocenters. The third-order valence-corrected chi connectivity index (χ3v) is 4.38. The van der Waals surface area contributed by atoms with Crippen LogP contribution in [0.2, 0.25) is 0 Å². The van der Waals surface area contributed by atoms with Crippen molar-refractivity contribution in [2.45, 2.75) is 20.8 Å². The van der Waals surface area contributed by atoms with Crippen LogP contribution < -0.4 is 0 Å². The molecule has 0 spiro atoms. The molecule has 0 saturated carbocycles. The van der Waals surface area contributed by atoms with Gasteiger partial charge in [0.1, 0.15) is 5.78 Å². The fourth-order valence-electron chi connectivity index (χ4n) is 3.31. The Morgan fingerprint density at radius 2 is 1.79 bits per heavy atom. The lowest BCUT2D eigenvalue weighted by Crippen LogP contribution is -2.21. The summed E-state index contributed by atoms with van der Waals surface area (Å²) >= 11 is 0. The maximum Gasteiger partial charge on any atom is 0.335 e. The third-order valence-electron chi connectivity index (χ3n) is 4.38. The van der Waals surface area contributed by atoms with Crippen LogP contribution in [0.15, 0.2) is 59.7 Å². The lowest BCUT2D eigenvalue weighted by atomic mass is 9.87. The van der Waals surface area contributed by atoms with Gasteiger partial charge in [0.05, 0.1) is 18.1 Å². The lowest BCUT2D eigenvalue weighted by Gasteiger charge is -2.16. The van der Waals surface area contributed by atoms with Gasteiger partial charge in [0.15, 0.2) is 0 Å². The van der Waals surface area contributed by atoms with Crippen molar-refractivity contribution >= 4 is 28.1 Å². The van der Waals surface area contributed by atoms with E-state index in [-0.39, 0.29) is 5.78 Å². The summed E-state index contributed by atoms with van der Waals surface area (Å²) in [6.45, 7) is 5.45. The number of ketones is 1. The van der Waals surface area contributed by atoms with Gasteiger partial charge in [-0.05, 0) is 54.3 Å². The number of carbonyl (C=O) groups excluding carboxylic acids is 2. The summed E-state index contributed by atoms with van der Waals surface area (Å²) in [5.74, 6) is -0.998. The average molecular weight is 320 g/mol. The molecule has 0 heterocycles. The van der Waals surface area contributed by atoms with Crippen LogP contribution in [0, 0.1) is 5.92 Å². The maximum atomic E-state index is 12.3. The number of hydrogen-bond acceptors (Lipinski definition) is 3. The lowest BCUT2D eigenvalue weighted by molar-refractivity contribution is -0.139. The Bertz CT molecular complexity index is 887. The Balaban J connectivity index is 2.05. The first kappa shape index (κ1) is 16.2. The van der Waals surface area contributed by atoms with Gasteiger partial charge in [0.25, 0.3) is 0 Å². The maximum absolute atomic E-state index is 12.3. The summed E-state index contributed by atoms with van der Waals surface area (Å²) < 4.78 is 5.15. The molecule has 2 aromatic carbocycles. The number of Topliss-reactive ketones (excluding diaryl/α,β-unsaturated/α-hetero) is 1. The average Bonchev–Trinajstić information content (AvgIpc) is 2.92. The molecule has 0 amide bonds. The Labute approximate surface area is 141 Å². The van der Waals surface area contributed by atoms with Crippen LogP contribution >= 0.6 is 0 Å². The highest BCUT2D eigenvalue weighted by molar-refractivity contribution is 6.08. The predicted octanol–water partition coefficient (Wildman–Crippen LogP) is 4.32. The molecule has 0 saturated heterocycles. The largest absolute Gasteiger partial charge is 0.463 e. The van der Waals surface area contributed by atoms with Crippen molar-refractivity contribution in [3.05, 3.63) is 65.3 Å². The third kappa shape index (κ3) is 2.78. The summed E-state index contributed by atoms with van der Waals surface area (Å²) in [6, 6.07) is 14.2. The van der Waals surface area contributed by atoms with Crippen molar-refractivity contribution in [1.29, 1.82) is 0 Å². The van der Waals surface area contributed by atoms with E-state index in [1.807, 2.05) is 43.3 Å². The monoisotopic (exact) mass is 320 g/mol. The van der Waals surface area contributed by atoms with Gasteiger partial charge in [0.2, 0.25) is 0 Å². The van der Waals surface area contributed by atoms with Crippen molar-refractivity contribution in [2.24, 2.45) is 5.92 Å². The second-order valence-corrected chi connectivity index (χ2v) is 6.02. The summed E-state index contributed by atoms with van der Waals surface area (Å²) in [4.78, 5) is 24.6. The SMILES string of the molecule is CCOC(=O)C1=C(C)C=C(c2ccc3ccccc3c2)C1C(C)=O. The Hall–Kier alpha value is -2.68. The molecule has 122 valence electrons. The molecule has 0 bridgehead atoms. The number of carbonyl (C=O) groups is 2. The summed E-state index contributed by atoms with van der Waals surface area (Å²) in [7, 11) is 0. The van der Waals surface area contributed by atoms with Gasteiger partial charge in [-0.2, -0.15) is 0 Å². The van der Waals surface area contributed by atoms with E-state index >= 15 is 0 Å². The van der Waals surface area contributed by atoms with Gasteiger partial charge >= 0.3 is 5.97 Å². The highest BCUT2D eigenvalue weighted by atomic mass is 16.5. The van der Waals surface area contributed by atoms with Crippen LogP contribution in [0.1, 0.15) is 26.3 Å². The van der Waals surface area contributed by atoms with E-state index in [0.717, 1.165) is 27.5 Å². The molecule has 3 nitrogen and oxygen atoms in total. The summed E-state index contributed by atoms with van der Waals surface area (Å²) in [6.07, 6.45) is 1.93. The Kier molecular flexibility index (Phi) is 4.34. The molecule has 2 aromatic rings. The second-order valence-electron chi connectivity index (χ2n) is 6.02. The zero-order valence-corrected chi connectivity index (χ0v) is 14.1. The van der Waals surface area contributed by atoms with Crippen LogP contribution in [0.25, 0.3) is 16.3 Å². The number of benzene rings is 2. The molecule has 0 aliphatic heterocycles. The fourth-order valence-corrected chi connectivity index (χ4v) is 3.31. The van der Waals surface area contributed by atoms with Crippen molar-refractivity contribution in [1.82, 2.24) is 0 Å². The molecule has 0 N–H and O–H groups in total. The van der Waals surface area contributed by atoms with E-state index in [1.54, 1.807) is 6.92 Å². The quantitative estimate of drug-likeness (QED) is 0.788. The number of rotatable bonds is 4. The van der Waals surface area contributed by atoms with Gasteiger partial charge in [-0.25, -0.2) is 4.79 Å². The minimum atomic E-state index is -0.551. The molecular weight excluding hydrogens is 300 g/mol. The fraction of sp³-hybridized carbons (Fsp3) is 0.238. The van der Waals surface area contributed by atoms with Crippen LogP contribution in [0.5, 0.6) is 0 Å². The number of allylic oxidation sites excluding steroid dienone is 3. The van der Waals surface area contributed by atoms with E-state index in [4.69, 9.17) is 4.74 Å². The second kappa shape index (κ2) is 6.44. The van der Waals surface area contributed by atoms with E-state index < -0.39 is 11.9 Å². The summed E-state index contributed by atoms with van der Waals surface area (Å²) in [5.41, 5.74) is 3.10. The van der Waals surface area contributed by atoms with E-state index in [2.05, 4.69) is 12.1 Å². The van der Waals surface area contributed by atoms with Crippen LogP contribution in [-0.2, 0) is 14.3 Å². The van der Waals surface area contributed by atoms with Gasteiger partial charge in [0, 0.05) is 0 Å². The van der Waals surface area contributed by atoms with Crippen LogP contribution in [-0.4, -0.2) is 18.4 Å². The molecular formula is C21H20O3. The molecule has 0 fully saturated rings. The van der Waals surface area contributed by atoms with Crippen LogP contribution in [0.3, 0.4) is 0 Å². The Morgan fingerprint density at radius 3 is 2.46 bits per heavy atom. The van der Waals surface area contributed by atoms with Gasteiger partial charge in [-0.3, -0.25) is 4.79 Å². The molecule has 1 unspecified atom stereocenters. The molecule has 1 aliphatic carbocycles. The molecule has 0 radical (unpaired) electrons. The highest BCUT2D eigenvalue weighted by Gasteiger charge is 2.35. The van der Waals surface area contributed by atoms with Crippen molar-refractivity contribution in [3.63, 3.8) is 0 Å². The normalized spacial score (nSPS) is 17.1. The first-order valence-electron chi connectivity index (χ1n) is 8.12. The predicted molar refractivity (Wildman–Crippen MR) is 95.4 cm³/mol. The highest BCUT2D eigenvalue weighted by Crippen LogP contribution is 2.40. The van der Waals surface area contributed by atoms with Gasteiger partial charge < -0.3 is 4.74 Å². The number of fused-ring (bicyclic) bond motifs is 1. The zero-order valence-electron chi connectivity index (χ0n) is 14.1. The van der Waals surface area contributed by atoms with Gasteiger partial charge in [-0.15, -0.1) is 0 Å². The Morgan fingerprint density at radius 1 is 1.08 bits per heavy atom. The molecule has 3 rings (SSSR count). The molecule has 3 heteroatoms. The van der Waals surface area contributed by atoms with Crippen molar-refractivity contribution < 1.29 is 14.3 Å². The van der Waals surface area contributed by atoms with E-state index in [9.17, 15) is 9.59 Å². The minimum Gasteiger partial charge on any atom is -0.463 e. The van der Waals surface area contributed by atoms with Crippen LogP contribution in [0.4, 0.5) is 0 Å². The zero-order chi connectivity index (χ0) is 17.3. The van der Waals surface area contributed by atoms with Crippen molar-refractivity contribution in [3.8, 4) is 0 Å². The molecule has 1 aliphatic rings. The first-order valence-corrected chi connectivity index (χ1v) is 8.12. The smallest absolute Gasteiger partial charge is 0.335 e. The minimum absolute atomic E-state index is 0.0469. The van der Waals surface area contributed by atoms with E-state index in [0.29, 0.717) is 12.2 Å². The van der Waals surface area contributed by atoms with Gasteiger partial charge in [-0.1, -0.05) is 42.5 Å². The topological polar surface area (TPSA) is 43.4 Å². The molecule has 0 aromatic heterocycles. The van der Waals surface area contributed by atoms with E-state index in [1.165, 1.54) is 6.92 Å². The summed E-state index contributed by atoms with van der Waals surface area (Å²) in [5, 5.41) is 2.26. The van der Waals surface area contributed by atoms with Crippen molar-refractivity contribution in [2.75, 3.05) is 6.61 Å². The number of esters is 1. The number of ether oxygens (including phenoxy) is 1.